The first-order valence-corrected chi connectivity index (χ1v) is 18.0. The number of imidazole rings is 1. The molecule has 1 fully saturated rings. The Morgan fingerprint density at radius 1 is 1.24 bits per heavy atom. The van der Waals surface area contributed by atoms with Crippen LogP contribution in [0.1, 0.15) is 44.2 Å². The standard InChI is InChI=1S/C29H42FN7O4Si/c1-29(2,3)41-28(39)33-21-9-8-12-36(17-21)25-22(30)10-7-11-23(25)35-27(38)26-34-24(20-15-31-32-16-20)18-37(26)19-40-13-14-42(4,5)6/h7,10-11,15-16,18,21H,8-9,12-14,17,19H2,1-6H3,(H,31,32)(H,33,39)(H,35,38)/t21-/m1/s1. The van der Waals surface area contributed by atoms with Crippen LogP contribution in [0.3, 0.4) is 0 Å². The lowest BCUT2D eigenvalue weighted by Crippen LogP contribution is -2.49. The Morgan fingerprint density at radius 3 is 2.71 bits per heavy atom. The highest BCUT2D eigenvalue weighted by Gasteiger charge is 2.28. The van der Waals surface area contributed by atoms with Gasteiger partial charge in [-0.15, -0.1) is 0 Å². The van der Waals surface area contributed by atoms with E-state index in [1.807, 2.05) is 4.90 Å². The molecule has 3 aromatic rings. The second kappa shape index (κ2) is 13.1. The third kappa shape index (κ3) is 8.65. The number of carbonyl (C=O) groups is 2. The fourth-order valence-electron chi connectivity index (χ4n) is 4.65. The number of hydrogen-bond acceptors (Lipinski definition) is 7. The third-order valence-corrected chi connectivity index (χ3v) is 8.40. The number of nitrogens with one attached hydrogen (secondary N) is 3. The summed E-state index contributed by atoms with van der Waals surface area (Å²) in [5, 5.41) is 12.5. The molecule has 13 heteroatoms. The average molecular weight is 600 g/mol. The van der Waals surface area contributed by atoms with Crippen LogP contribution in [-0.4, -0.2) is 71.2 Å². The largest absolute Gasteiger partial charge is 0.444 e. The number of nitrogens with zero attached hydrogens (tertiary/aromatic N) is 4. The zero-order chi connectivity index (χ0) is 30.5. The van der Waals surface area contributed by atoms with Crippen molar-refractivity contribution in [1.82, 2.24) is 25.1 Å². The molecule has 0 bridgehead atoms. The molecule has 0 unspecified atom stereocenters. The maximum Gasteiger partial charge on any atom is 0.407 e. The van der Waals surface area contributed by atoms with Crippen LogP contribution < -0.4 is 15.5 Å². The van der Waals surface area contributed by atoms with Crippen molar-refractivity contribution in [2.24, 2.45) is 0 Å². The Balaban J connectivity index is 1.53. The molecule has 0 saturated carbocycles. The second-order valence-electron chi connectivity index (χ2n) is 12.8. The van der Waals surface area contributed by atoms with Gasteiger partial charge in [0.1, 0.15) is 18.1 Å². The van der Waals surface area contributed by atoms with Crippen molar-refractivity contribution in [2.75, 3.05) is 29.9 Å². The summed E-state index contributed by atoms with van der Waals surface area (Å²) in [7, 11) is -1.29. The summed E-state index contributed by atoms with van der Waals surface area (Å²) in [5.41, 5.74) is 1.25. The molecule has 42 heavy (non-hydrogen) atoms. The highest BCUT2D eigenvalue weighted by Crippen LogP contribution is 2.32. The number of amides is 2. The Kier molecular flexibility index (Phi) is 9.72. The van der Waals surface area contributed by atoms with E-state index in [0.29, 0.717) is 31.1 Å². The summed E-state index contributed by atoms with van der Waals surface area (Å²) in [6.07, 6.45) is 6.03. The molecule has 228 valence electrons. The highest BCUT2D eigenvalue weighted by molar-refractivity contribution is 6.76. The van der Waals surface area contributed by atoms with Crippen LogP contribution in [0, 0.1) is 5.82 Å². The van der Waals surface area contributed by atoms with Crippen LogP contribution >= 0.6 is 0 Å². The van der Waals surface area contributed by atoms with Gasteiger partial charge in [-0.05, 0) is 51.8 Å². The normalized spacial score (nSPS) is 15.9. The molecule has 0 spiro atoms. The van der Waals surface area contributed by atoms with E-state index in [4.69, 9.17) is 9.47 Å². The van der Waals surface area contributed by atoms with Crippen molar-refractivity contribution >= 4 is 31.4 Å². The van der Waals surface area contributed by atoms with Crippen molar-refractivity contribution in [3.05, 3.63) is 48.4 Å². The number of carbonyl (C=O) groups excluding carboxylic acids is 2. The Labute approximate surface area is 247 Å². The summed E-state index contributed by atoms with van der Waals surface area (Å²) < 4.78 is 28.3. The minimum atomic E-state index is -1.29. The minimum Gasteiger partial charge on any atom is -0.444 e. The number of piperidine rings is 1. The second-order valence-corrected chi connectivity index (χ2v) is 18.4. The quantitative estimate of drug-likeness (QED) is 0.208. The van der Waals surface area contributed by atoms with Crippen molar-refractivity contribution in [3.63, 3.8) is 0 Å². The monoisotopic (exact) mass is 599 g/mol. The van der Waals surface area contributed by atoms with Gasteiger partial charge in [-0.1, -0.05) is 25.7 Å². The van der Waals surface area contributed by atoms with Gasteiger partial charge in [0, 0.05) is 51.8 Å². The van der Waals surface area contributed by atoms with Gasteiger partial charge < -0.3 is 29.6 Å². The number of anilines is 2. The number of halogens is 1. The van der Waals surface area contributed by atoms with E-state index in [1.165, 1.54) is 6.07 Å². The van der Waals surface area contributed by atoms with Crippen molar-refractivity contribution in [1.29, 1.82) is 0 Å². The topological polar surface area (TPSA) is 126 Å². The van der Waals surface area contributed by atoms with E-state index in [1.54, 1.807) is 56.1 Å². The van der Waals surface area contributed by atoms with Crippen LogP contribution in [-0.2, 0) is 16.2 Å². The molecule has 3 heterocycles. The number of para-hydroxylation sites is 1. The third-order valence-electron chi connectivity index (χ3n) is 6.69. The summed E-state index contributed by atoms with van der Waals surface area (Å²) in [5.74, 6) is -0.828. The SMILES string of the molecule is CC(C)(C)OC(=O)N[C@@H]1CCCN(c2c(F)cccc2NC(=O)c2nc(-c3cn[nH]c3)cn2COCC[Si](C)(C)C)C1. The van der Waals surface area contributed by atoms with Crippen LogP contribution in [0.25, 0.3) is 11.3 Å². The lowest BCUT2D eigenvalue weighted by molar-refractivity contribution is 0.0500. The zero-order valence-electron chi connectivity index (χ0n) is 25.3. The maximum atomic E-state index is 15.3. The van der Waals surface area contributed by atoms with Gasteiger partial charge in [0.2, 0.25) is 5.82 Å². The molecule has 1 atom stereocenters. The molecule has 0 radical (unpaired) electrons. The molecule has 4 rings (SSSR count). The van der Waals surface area contributed by atoms with E-state index in [2.05, 4.69) is 45.5 Å². The summed E-state index contributed by atoms with van der Waals surface area (Å²) in [6, 6.07) is 5.33. The molecule has 1 aliphatic heterocycles. The van der Waals surface area contributed by atoms with E-state index in [-0.39, 0.29) is 24.3 Å². The highest BCUT2D eigenvalue weighted by atomic mass is 28.3. The van der Waals surface area contributed by atoms with Gasteiger partial charge in [0.15, 0.2) is 0 Å². The van der Waals surface area contributed by atoms with Gasteiger partial charge in [-0.25, -0.2) is 14.2 Å². The molecule has 1 aliphatic rings. The van der Waals surface area contributed by atoms with Crippen LogP contribution in [0.5, 0.6) is 0 Å². The molecule has 11 nitrogen and oxygen atoms in total. The number of benzene rings is 1. The Morgan fingerprint density at radius 2 is 2.02 bits per heavy atom. The lowest BCUT2D eigenvalue weighted by Gasteiger charge is -2.36. The molecule has 2 aromatic heterocycles. The van der Waals surface area contributed by atoms with Gasteiger partial charge in [-0.3, -0.25) is 9.89 Å². The molecule has 1 aromatic carbocycles. The van der Waals surface area contributed by atoms with Crippen molar-refractivity contribution < 1.29 is 23.5 Å². The number of aromatic amines is 1. The number of ether oxygens (including phenoxy) is 2. The number of hydrogen-bond donors (Lipinski definition) is 3. The molecule has 3 N–H and O–H groups in total. The Hall–Kier alpha value is -3.71. The predicted molar refractivity (Wildman–Crippen MR) is 163 cm³/mol. The van der Waals surface area contributed by atoms with Crippen LogP contribution in [0.15, 0.2) is 36.8 Å². The number of alkyl carbamates (subject to hydrolysis) is 1. The fraction of sp³-hybridized carbons (Fsp3) is 0.517. The van der Waals surface area contributed by atoms with E-state index >= 15 is 4.39 Å². The van der Waals surface area contributed by atoms with Gasteiger partial charge in [0.05, 0.1) is 23.3 Å². The van der Waals surface area contributed by atoms with Gasteiger partial charge in [-0.2, -0.15) is 5.10 Å². The molecule has 1 saturated heterocycles. The van der Waals surface area contributed by atoms with Crippen LogP contribution in [0.4, 0.5) is 20.6 Å². The number of rotatable bonds is 10. The molecule has 0 aliphatic carbocycles. The summed E-state index contributed by atoms with van der Waals surface area (Å²) in [6.45, 7) is 13.9. The first kappa shape index (κ1) is 31.2. The minimum absolute atomic E-state index is 0.137. The Bertz CT molecular complexity index is 1370. The summed E-state index contributed by atoms with van der Waals surface area (Å²) >= 11 is 0. The first-order chi connectivity index (χ1) is 19.8. The predicted octanol–water partition coefficient (Wildman–Crippen LogP) is 5.47. The smallest absolute Gasteiger partial charge is 0.407 e. The average Bonchev–Trinajstić information content (AvgIpc) is 3.55. The zero-order valence-corrected chi connectivity index (χ0v) is 26.3. The van der Waals surface area contributed by atoms with Crippen LogP contribution in [0.2, 0.25) is 25.7 Å². The molecule has 2 amide bonds. The van der Waals surface area contributed by atoms with E-state index < -0.39 is 31.5 Å². The van der Waals surface area contributed by atoms with E-state index in [0.717, 1.165) is 24.4 Å². The lowest BCUT2D eigenvalue weighted by atomic mass is 10.0. The van der Waals surface area contributed by atoms with Crippen molar-refractivity contribution in [2.45, 2.75) is 77.7 Å². The van der Waals surface area contributed by atoms with Gasteiger partial charge >= 0.3 is 6.09 Å². The number of H-pyrrole nitrogens is 1. The van der Waals surface area contributed by atoms with Crippen molar-refractivity contribution in [3.8, 4) is 11.3 Å². The molecular formula is C29H42FN7O4Si. The first-order valence-electron chi connectivity index (χ1n) is 14.3. The number of aromatic nitrogens is 4. The van der Waals surface area contributed by atoms with Gasteiger partial charge in [0.25, 0.3) is 5.91 Å². The fourth-order valence-corrected chi connectivity index (χ4v) is 5.41. The summed E-state index contributed by atoms with van der Waals surface area (Å²) in [4.78, 5) is 32.4. The van der Waals surface area contributed by atoms with E-state index in [9.17, 15) is 9.59 Å². The maximum absolute atomic E-state index is 15.3. The molecular weight excluding hydrogens is 557 g/mol.